The predicted molar refractivity (Wildman–Crippen MR) is 131 cm³/mol. The highest BCUT2D eigenvalue weighted by molar-refractivity contribution is 8.14. The van der Waals surface area contributed by atoms with E-state index in [0.717, 1.165) is 39.5 Å². The van der Waals surface area contributed by atoms with Gasteiger partial charge in [-0.05, 0) is 12.1 Å². The summed E-state index contributed by atoms with van der Waals surface area (Å²) < 4.78 is 32.3. The molecule has 15 heteroatoms. The van der Waals surface area contributed by atoms with E-state index < -0.39 is 60.3 Å². The number of hydrogen-bond donors (Lipinski definition) is 1. The lowest BCUT2D eigenvalue weighted by atomic mass is 9.99. The molecule has 0 unspecified atom stereocenters. The Labute approximate surface area is 226 Å². The van der Waals surface area contributed by atoms with Crippen molar-refractivity contribution in [3.8, 4) is 5.75 Å². The average Bonchev–Trinajstić information content (AvgIpc) is 2.78. The molecule has 12 nitrogen and oxygen atoms in total. The van der Waals surface area contributed by atoms with Gasteiger partial charge in [0.25, 0.3) is 0 Å². The zero-order valence-corrected chi connectivity index (χ0v) is 22.7. The van der Waals surface area contributed by atoms with Gasteiger partial charge in [0.1, 0.15) is 17.8 Å². The Morgan fingerprint density at radius 3 is 1.89 bits per heavy atom. The van der Waals surface area contributed by atoms with Crippen LogP contribution in [0.25, 0.3) is 0 Å². The molecule has 2 rings (SSSR count). The molecule has 1 aromatic rings. The summed E-state index contributed by atoms with van der Waals surface area (Å²) in [5, 5.41) is 13.2. The van der Waals surface area contributed by atoms with Gasteiger partial charge in [-0.1, -0.05) is 40.1 Å². The fraction of sp³-hybridized carbons (Fsp3) is 0.500. The summed E-state index contributed by atoms with van der Waals surface area (Å²) in [6, 6.07) is 2.83. The number of hydrogen-bond acceptors (Lipinski definition) is 13. The van der Waals surface area contributed by atoms with E-state index >= 15 is 0 Å². The second kappa shape index (κ2) is 13.7. The molecule has 1 saturated heterocycles. The Kier molecular flexibility index (Phi) is 11.3. The van der Waals surface area contributed by atoms with E-state index in [4.69, 9.17) is 51.6 Å². The van der Waals surface area contributed by atoms with E-state index in [1.807, 2.05) is 0 Å². The summed E-state index contributed by atoms with van der Waals surface area (Å²) in [6.45, 7) is 4.09. The lowest BCUT2D eigenvalue weighted by molar-refractivity contribution is -0.237. The van der Waals surface area contributed by atoms with Gasteiger partial charge in [-0.2, -0.15) is 0 Å². The molecule has 0 amide bonds. The number of thioether (sulfide) groups is 1. The number of nitrogens with zero attached hydrogens (tertiary/aromatic N) is 1. The van der Waals surface area contributed by atoms with Crippen molar-refractivity contribution in [1.82, 2.24) is 0 Å². The van der Waals surface area contributed by atoms with Crippen LogP contribution in [0.15, 0.2) is 17.3 Å². The number of carbonyl (C=O) groups excluding carboxylic acids is 4. The van der Waals surface area contributed by atoms with Crippen LogP contribution in [0.3, 0.4) is 0 Å². The molecule has 5 atom stereocenters. The number of esters is 4. The van der Waals surface area contributed by atoms with Crippen LogP contribution < -0.4 is 4.74 Å². The lowest BCUT2D eigenvalue weighted by Gasteiger charge is -2.44. The van der Waals surface area contributed by atoms with Crippen molar-refractivity contribution in [2.45, 2.75) is 57.5 Å². The summed E-state index contributed by atoms with van der Waals surface area (Å²) in [7, 11) is 1.38. The van der Waals surface area contributed by atoms with Gasteiger partial charge in [0.15, 0.2) is 29.5 Å². The number of methoxy groups -OCH3 is 1. The van der Waals surface area contributed by atoms with Gasteiger partial charge < -0.3 is 33.6 Å². The first-order valence-electron chi connectivity index (χ1n) is 10.6. The summed E-state index contributed by atoms with van der Waals surface area (Å²) in [5.74, 6) is -2.76. The van der Waals surface area contributed by atoms with Crippen molar-refractivity contribution >= 4 is 63.9 Å². The first-order chi connectivity index (χ1) is 17.4. The SMILES string of the molecule is COc1c(Cl)cc(C(=NO)S[C@@H]2O[C@H](COC(C)=O)[C@@H](OC(C)=O)[C@H](OC(C)=O)[C@H]2OC(C)=O)cc1Cl. The zero-order chi connectivity index (χ0) is 27.9. The highest BCUT2D eigenvalue weighted by atomic mass is 35.5. The highest BCUT2D eigenvalue weighted by Crippen LogP contribution is 2.39. The summed E-state index contributed by atoms with van der Waals surface area (Å²) >= 11 is 13.2. The van der Waals surface area contributed by atoms with E-state index in [-0.39, 0.29) is 26.4 Å². The van der Waals surface area contributed by atoms with Crippen molar-refractivity contribution in [2.75, 3.05) is 13.7 Å². The molecule has 0 spiro atoms. The van der Waals surface area contributed by atoms with E-state index in [9.17, 15) is 24.4 Å². The van der Waals surface area contributed by atoms with Crippen LogP contribution >= 0.6 is 35.0 Å². The molecule has 0 radical (unpaired) electrons. The molecule has 1 heterocycles. The Morgan fingerprint density at radius 2 is 1.43 bits per heavy atom. The molecule has 1 aliphatic heterocycles. The normalized spacial score (nSPS) is 23.5. The van der Waals surface area contributed by atoms with E-state index in [1.54, 1.807) is 0 Å². The minimum atomic E-state index is -1.37. The quantitative estimate of drug-likeness (QED) is 0.120. The number of ether oxygens (including phenoxy) is 6. The highest BCUT2D eigenvalue weighted by Gasteiger charge is 2.52. The molecule has 204 valence electrons. The molecule has 1 fully saturated rings. The fourth-order valence-corrected chi connectivity index (χ4v) is 5.13. The molecule has 0 aromatic heterocycles. The number of oxime groups is 1. The van der Waals surface area contributed by atoms with Crippen LogP contribution in [0.5, 0.6) is 5.75 Å². The van der Waals surface area contributed by atoms with Crippen LogP contribution in [-0.2, 0) is 42.9 Å². The second-order valence-corrected chi connectivity index (χ2v) is 9.47. The van der Waals surface area contributed by atoms with Gasteiger partial charge in [0.2, 0.25) is 0 Å². The summed E-state index contributed by atoms with van der Waals surface area (Å²) in [6.07, 6.45) is -5.21. The lowest BCUT2D eigenvalue weighted by Crippen LogP contribution is -2.61. The van der Waals surface area contributed by atoms with Crippen molar-refractivity contribution in [3.63, 3.8) is 0 Å². The third kappa shape index (κ3) is 8.38. The van der Waals surface area contributed by atoms with Gasteiger partial charge in [0, 0.05) is 33.3 Å². The maximum atomic E-state index is 12.0. The van der Waals surface area contributed by atoms with Crippen molar-refractivity contribution in [3.05, 3.63) is 27.7 Å². The molecule has 1 aliphatic rings. The summed E-state index contributed by atoms with van der Waals surface area (Å²) in [4.78, 5) is 47.2. The molecule has 0 bridgehead atoms. The fourth-order valence-electron chi connectivity index (χ4n) is 3.42. The maximum Gasteiger partial charge on any atom is 0.303 e. The standard InChI is InChI=1S/C22H25Cl2NO11S/c1-9(26)32-8-16-18(33-10(2)27)19(34-11(3)28)20(35-12(4)29)22(36-16)37-21(25-30)13-6-14(23)17(31-5)15(24)7-13/h6-7,16,18-20,22,30H,8H2,1-5H3/t16-,18-,19+,20-,22+/m1/s1. The average molecular weight is 582 g/mol. The Balaban J connectivity index is 2.54. The molecular formula is C22H25Cl2NO11S. The molecule has 1 aromatic carbocycles. The Morgan fingerprint density at radius 1 is 0.919 bits per heavy atom. The van der Waals surface area contributed by atoms with Crippen molar-refractivity contribution in [2.24, 2.45) is 5.16 Å². The number of halogens is 2. The molecule has 0 saturated carbocycles. The molecule has 37 heavy (non-hydrogen) atoms. The van der Waals surface area contributed by atoms with Gasteiger partial charge in [0.05, 0.1) is 17.2 Å². The van der Waals surface area contributed by atoms with Gasteiger partial charge >= 0.3 is 23.9 Å². The predicted octanol–water partition coefficient (Wildman–Crippen LogP) is 2.95. The maximum absolute atomic E-state index is 12.0. The minimum Gasteiger partial charge on any atom is -0.494 e. The largest absolute Gasteiger partial charge is 0.494 e. The smallest absolute Gasteiger partial charge is 0.303 e. The minimum absolute atomic E-state index is 0.0765. The first kappa shape index (κ1) is 30.5. The monoisotopic (exact) mass is 581 g/mol. The van der Waals surface area contributed by atoms with E-state index in [2.05, 4.69) is 5.16 Å². The van der Waals surface area contributed by atoms with Crippen molar-refractivity contribution < 1.29 is 52.8 Å². The van der Waals surface area contributed by atoms with Crippen LogP contribution in [-0.4, -0.2) is 77.7 Å². The molecular weight excluding hydrogens is 557 g/mol. The number of rotatable bonds is 8. The summed E-state index contributed by atoms with van der Waals surface area (Å²) in [5.41, 5.74) is -0.970. The second-order valence-electron chi connectivity index (χ2n) is 7.56. The van der Waals surface area contributed by atoms with Crippen LogP contribution in [0, 0.1) is 0 Å². The number of benzene rings is 1. The van der Waals surface area contributed by atoms with E-state index in [0.29, 0.717) is 0 Å². The third-order valence-electron chi connectivity index (χ3n) is 4.72. The van der Waals surface area contributed by atoms with E-state index in [1.165, 1.54) is 19.2 Å². The van der Waals surface area contributed by atoms with Gasteiger partial charge in [-0.3, -0.25) is 19.2 Å². The first-order valence-corrected chi connectivity index (χ1v) is 12.2. The molecule has 1 N–H and O–H groups in total. The van der Waals surface area contributed by atoms with Crippen LogP contribution in [0.4, 0.5) is 0 Å². The van der Waals surface area contributed by atoms with Crippen LogP contribution in [0.1, 0.15) is 33.3 Å². The number of carbonyl (C=O) groups is 4. The van der Waals surface area contributed by atoms with Gasteiger partial charge in [-0.15, -0.1) is 0 Å². The topological polar surface area (TPSA) is 156 Å². The van der Waals surface area contributed by atoms with Crippen molar-refractivity contribution in [1.29, 1.82) is 0 Å². The Hall–Kier alpha value is -2.74. The Bertz CT molecular complexity index is 1040. The molecule has 0 aliphatic carbocycles. The third-order valence-corrected chi connectivity index (χ3v) is 6.43. The zero-order valence-electron chi connectivity index (χ0n) is 20.4. The van der Waals surface area contributed by atoms with Crippen LogP contribution in [0.2, 0.25) is 10.0 Å². The van der Waals surface area contributed by atoms with Gasteiger partial charge in [-0.25, -0.2) is 0 Å².